The molecule has 0 atom stereocenters. The van der Waals surface area contributed by atoms with Gasteiger partial charge in [0.05, 0.1) is 12.8 Å². The predicted octanol–water partition coefficient (Wildman–Crippen LogP) is 2.33. The molecule has 2 rings (SSSR count). The summed E-state index contributed by atoms with van der Waals surface area (Å²) < 4.78 is 5.49. The molecular weight excluding hydrogens is 216 g/mol. The van der Waals surface area contributed by atoms with Crippen molar-refractivity contribution < 1.29 is 9.53 Å². The monoisotopic (exact) mass is 230 g/mol. The van der Waals surface area contributed by atoms with Crippen LogP contribution in [0.25, 0.3) is 0 Å². The molecule has 1 heterocycles. The number of Topliss-reactive ketones (excluding diaryl/α,β-unsaturated/α-hetero) is 1. The lowest BCUT2D eigenvalue weighted by Gasteiger charge is -2.01. The van der Waals surface area contributed by atoms with Gasteiger partial charge in [-0.15, -0.1) is 0 Å². The van der Waals surface area contributed by atoms with E-state index in [-0.39, 0.29) is 5.78 Å². The first-order valence-corrected chi connectivity index (χ1v) is 5.42. The normalized spacial score (nSPS) is 10.4. The van der Waals surface area contributed by atoms with E-state index in [1.807, 2.05) is 30.3 Å². The van der Waals surface area contributed by atoms with Crippen LogP contribution in [0.3, 0.4) is 0 Å². The molecule has 0 fully saturated rings. The molecule has 1 aromatic carbocycles. The van der Waals surface area contributed by atoms with Gasteiger partial charge in [-0.25, -0.2) is 4.98 Å². The van der Waals surface area contributed by atoms with Crippen LogP contribution in [0.1, 0.15) is 28.8 Å². The van der Waals surface area contributed by atoms with Crippen LogP contribution >= 0.6 is 0 Å². The van der Waals surface area contributed by atoms with Crippen LogP contribution in [0.5, 0.6) is 0 Å². The van der Waals surface area contributed by atoms with Gasteiger partial charge in [-0.2, -0.15) is 0 Å². The van der Waals surface area contributed by atoms with Gasteiger partial charge in [0.1, 0.15) is 18.1 Å². The van der Waals surface area contributed by atoms with Crippen molar-refractivity contribution in [1.82, 2.24) is 9.97 Å². The summed E-state index contributed by atoms with van der Waals surface area (Å²) in [6.45, 7) is 2.42. The average molecular weight is 230 g/mol. The van der Waals surface area contributed by atoms with Crippen molar-refractivity contribution in [2.24, 2.45) is 0 Å². The Hall–Kier alpha value is -1.94. The van der Waals surface area contributed by atoms with Crippen molar-refractivity contribution in [3.05, 3.63) is 53.6 Å². The second-order valence-corrected chi connectivity index (χ2v) is 3.78. The Bertz CT molecular complexity index is 491. The molecule has 0 spiro atoms. The number of hydrogen-bond donors (Lipinski definition) is 1. The minimum absolute atomic E-state index is 0.0215. The lowest BCUT2D eigenvalue weighted by molar-refractivity contribution is 0.0996. The van der Waals surface area contributed by atoms with E-state index in [9.17, 15) is 4.79 Å². The van der Waals surface area contributed by atoms with Crippen molar-refractivity contribution in [2.75, 3.05) is 0 Å². The Morgan fingerprint density at radius 2 is 2.06 bits per heavy atom. The summed E-state index contributed by atoms with van der Waals surface area (Å²) in [6.07, 6.45) is 1.53. The molecule has 0 unspecified atom stereocenters. The highest BCUT2D eigenvalue weighted by Crippen LogP contribution is 2.04. The third kappa shape index (κ3) is 3.26. The second kappa shape index (κ2) is 5.41. The number of H-pyrrole nitrogens is 1. The minimum Gasteiger partial charge on any atom is -0.369 e. The molecule has 1 N–H and O–H groups in total. The third-order valence-corrected chi connectivity index (χ3v) is 2.36. The Labute approximate surface area is 99.7 Å². The van der Waals surface area contributed by atoms with Gasteiger partial charge in [0.2, 0.25) is 0 Å². The first kappa shape index (κ1) is 11.5. The van der Waals surface area contributed by atoms with E-state index in [2.05, 4.69) is 9.97 Å². The van der Waals surface area contributed by atoms with Gasteiger partial charge < -0.3 is 9.72 Å². The summed E-state index contributed by atoms with van der Waals surface area (Å²) >= 11 is 0. The standard InChI is InChI=1S/C13H14N2O2/c1-10(16)12-7-14-13(15-12)9-17-8-11-5-3-2-4-6-11/h2-7H,8-9H2,1H3,(H,14,15). The summed E-state index contributed by atoms with van der Waals surface area (Å²) in [5.41, 5.74) is 1.63. The zero-order chi connectivity index (χ0) is 12.1. The van der Waals surface area contributed by atoms with Gasteiger partial charge in [0.15, 0.2) is 5.78 Å². The summed E-state index contributed by atoms with van der Waals surface area (Å²) in [5.74, 6) is 0.651. The van der Waals surface area contributed by atoms with Crippen molar-refractivity contribution >= 4 is 5.78 Å². The van der Waals surface area contributed by atoms with Gasteiger partial charge in [-0.1, -0.05) is 30.3 Å². The second-order valence-electron chi connectivity index (χ2n) is 3.78. The topological polar surface area (TPSA) is 55.0 Å². The van der Waals surface area contributed by atoms with E-state index in [1.165, 1.54) is 13.1 Å². The summed E-state index contributed by atoms with van der Waals surface area (Å²) in [6, 6.07) is 9.92. The minimum atomic E-state index is -0.0215. The Balaban J connectivity index is 1.84. The van der Waals surface area contributed by atoms with Crippen molar-refractivity contribution in [1.29, 1.82) is 0 Å². The Morgan fingerprint density at radius 3 is 2.71 bits per heavy atom. The molecule has 1 aromatic heterocycles. The molecule has 0 aliphatic carbocycles. The fourth-order valence-electron chi connectivity index (χ4n) is 1.45. The fraction of sp³-hybridized carbons (Fsp3) is 0.231. The van der Waals surface area contributed by atoms with Crippen molar-refractivity contribution in [3.63, 3.8) is 0 Å². The molecule has 0 aliphatic heterocycles. The first-order valence-electron chi connectivity index (χ1n) is 5.42. The number of nitrogens with zero attached hydrogens (tertiary/aromatic N) is 1. The number of rotatable bonds is 5. The zero-order valence-corrected chi connectivity index (χ0v) is 9.64. The first-order chi connectivity index (χ1) is 8.25. The largest absolute Gasteiger partial charge is 0.369 e. The summed E-state index contributed by atoms with van der Waals surface area (Å²) in [7, 11) is 0. The number of benzene rings is 1. The highest BCUT2D eigenvalue weighted by molar-refractivity contribution is 5.91. The molecule has 88 valence electrons. The summed E-state index contributed by atoms with van der Waals surface area (Å²) in [5, 5.41) is 0. The highest BCUT2D eigenvalue weighted by atomic mass is 16.5. The molecule has 0 bridgehead atoms. The van der Waals surface area contributed by atoms with Crippen LogP contribution in [0.2, 0.25) is 0 Å². The number of aromatic amines is 1. The van der Waals surface area contributed by atoms with Crippen LogP contribution in [-0.4, -0.2) is 15.8 Å². The smallest absolute Gasteiger partial charge is 0.177 e. The number of aromatic nitrogens is 2. The van der Waals surface area contributed by atoms with Gasteiger partial charge in [-0.3, -0.25) is 4.79 Å². The van der Waals surface area contributed by atoms with E-state index in [1.54, 1.807) is 0 Å². The maximum Gasteiger partial charge on any atom is 0.177 e. The Kier molecular flexibility index (Phi) is 3.67. The number of imidazole rings is 1. The third-order valence-electron chi connectivity index (χ3n) is 2.36. The molecule has 0 radical (unpaired) electrons. The maximum atomic E-state index is 11.0. The van der Waals surface area contributed by atoms with Crippen LogP contribution in [-0.2, 0) is 18.0 Å². The van der Waals surface area contributed by atoms with Gasteiger partial charge in [-0.05, 0) is 5.56 Å². The number of hydrogen-bond acceptors (Lipinski definition) is 3. The molecule has 0 saturated heterocycles. The fourth-order valence-corrected chi connectivity index (χ4v) is 1.45. The number of carbonyl (C=O) groups excluding carboxylic acids is 1. The molecule has 2 aromatic rings. The van der Waals surface area contributed by atoms with E-state index in [0.29, 0.717) is 24.7 Å². The van der Waals surface area contributed by atoms with E-state index in [4.69, 9.17) is 4.74 Å². The van der Waals surface area contributed by atoms with Crippen LogP contribution in [0.4, 0.5) is 0 Å². The molecule has 4 heteroatoms. The van der Waals surface area contributed by atoms with Crippen LogP contribution in [0, 0.1) is 0 Å². The quantitative estimate of drug-likeness (QED) is 0.802. The zero-order valence-electron chi connectivity index (χ0n) is 9.64. The SMILES string of the molecule is CC(=O)c1cnc(COCc2ccccc2)[nH]1. The Morgan fingerprint density at radius 1 is 1.29 bits per heavy atom. The molecular formula is C13H14N2O2. The predicted molar refractivity (Wildman–Crippen MR) is 63.5 cm³/mol. The molecule has 17 heavy (non-hydrogen) atoms. The van der Waals surface area contributed by atoms with Gasteiger partial charge in [0.25, 0.3) is 0 Å². The average Bonchev–Trinajstić information content (AvgIpc) is 2.79. The van der Waals surface area contributed by atoms with Crippen molar-refractivity contribution in [2.45, 2.75) is 20.1 Å². The molecule has 0 amide bonds. The lowest BCUT2D eigenvalue weighted by atomic mass is 10.2. The molecule has 0 saturated carbocycles. The van der Waals surface area contributed by atoms with E-state index < -0.39 is 0 Å². The van der Waals surface area contributed by atoms with Crippen LogP contribution in [0.15, 0.2) is 36.5 Å². The number of ketones is 1. The maximum absolute atomic E-state index is 11.0. The number of nitrogens with one attached hydrogen (secondary N) is 1. The summed E-state index contributed by atoms with van der Waals surface area (Å²) in [4.78, 5) is 18.0. The molecule has 4 nitrogen and oxygen atoms in total. The number of carbonyl (C=O) groups is 1. The highest BCUT2D eigenvalue weighted by Gasteiger charge is 2.04. The van der Waals surface area contributed by atoms with E-state index >= 15 is 0 Å². The lowest BCUT2D eigenvalue weighted by Crippen LogP contribution is -1.97. The van der Waals surface area contributed by atoms with Gasteiger partial charge in [0, 0.05) is 6.92 Å². The van der Waals surface area contributed by atoms with Crippen molar-refractivity contribution in [3.8, 4) is 0 Å². The van der Waals surface area contributed by atoms with Gasteiger partial charge >= 0.3 is 0 Å². The van der Waals surface area contributed by atoms with E-state index in [0.717, 1.165) is 5.56 Å². The van der Waals surface area contributed by atoms with Crippen LogP contribution < -0.4 is 0 Å². The molecule has 0 aliphatic rings. The number of ether oxygens (including phenoxy) is 1.